The van der Waals surface area contributed by atoms with Gasteiger partial charge in [0.2, 0.25) is 5.60 Å². The topological polar surface area (TPSA) is 46.5 Å². The minimum atomic E-state index is -1.73. The van der Waals surface area contributed by atoms with Gasteiger partial charge in [-0.1, -0.05) is 60.2 Å². The number of quaternary nitrogens is 1. The maximum atomic E-state index is 13.6. The minimum absolute atomic E-state index is 0.120. The van der Waals surface area contributed by atoms with Crippen LogP contribution in [-0.4, -0.2) is 47.8 Å². The van der Waals surface area contributed by atoms with Crippen LogP contribution in [0.1, 0.15) is 44.2 Å². The van der Waals surface area contributed by atoms with Gasteiger partial charge in [-0.2, -0.15) is 0 Å². The number of fused-ring (bicyclic) bond motifs is 6. The molecule has 0 radical (unpaired) electrons. The van der Waals surface area contributed by atoms with Gasteiger partial charge in [-0.05, 0) is 25.0 Å². The van der Waals surface area contributed by atoms with Gasteiger partial charge in [0.15, 0.2) is 6.10 Å². The van der Waals surface area contributed by atoms with E-state index in [4.69, 9.17) is 4.74 Å². The van der Waals surface area contributed by atoms with Gasteiger partial charge < -0.3 is 14.3 Å². The zero-order valence-corrected chi connectivity index (χ0v) is 18.5. The molecule has 2 aromatic carbocycles. The fourth-order valence-corrected chi connectivity index (χ4v) is 5.95. The van der Waals surface area contributed by atoms with Crippen LogP contribution in [0, 0.1) is 5.92 Å². The minimum Gasteiger partial charge on any atom is -0.453 e. The number of hydrogen-bond donors (Lipinski definition) is 1. The number of nitrogens with zero attached hydrogens (tertiary/aromatic N) is 1. The molecule has 31 heavy (non-hydrogen) atoms. The SMILES string of the molecule is CC(C)=CCC[N+]12CCC(CC1)[C@@H](OC(=O)C1(O)c3ccccc3-c3ccccc31)C2. The number of allylic oxidation sites excluding steroid dienone is 1. The molecule has 0 unspecified atom stereocenters. The van der Waals surface area contributed by atoms with E-state index in [9.17, 15) is 9.90 Å². The van der Waals surface area contributed by atoms with Gasteiger partial charge >= 0.3 is 5.97 Å². The summed E-state index contributed by atoms with van der Waals surface area (Å²) in [6.07, 6.45) is 5.45. The summed E-state index contributed by atoms with van der Waals surface area (Å²) < 4.78 is 7.19. The van der Waals surface area contributed by atoms with Gasteiger partial charge in [0.1, 0.15) is 6.54 Å². The highest BCUT2D eigenvalue weighted by Crippen LogP contribution is 2.48. The Hall–Kier alpha value is -2.43. The van der Waals surface area contributed by atoms with E-state index in [2.05, 4.69) is 19.9 Å². The average molecular weight is 419 g/mol. The van der Waals surface area contributed by atoms with E-state index in [1.165, 1.54) is 18.7 Å². The Morgan fingerprint density at radius 3 is 2.23 bits per heavy atom. The normalized spacial score (nSPS) is 27.3. The van der Waals surface area contributed by atoms with Crippen molar-refractivity contribution in [2.45, 2.75) is 44.8 Å². The first-order valence-corrected chi connectivity index (χ1v) is 11.5. The van der Waals surface area contributed by atoms with Crippen LogP contribution in [0.3, 0.4) is 0 Å². The van der Waals surface area contributed by atoms with E-state index in [-0.39, 0.29) is 6.10 Å². The number of aliphatic hydroxyl groups is 1. The standard InChI is InChI=1S/C27H32NO3/c1-19(2)8-7-15-28-16-13-20(14-17-28)25(18-28)31-26(29)27(30)23-11-5-3-9-21(23)22-10-4-6-12-24(22)27/h3-6,8-12,20,25,30H,7,13-18H2,1-2H3/q+1/t20?,25-,28?/m0/s1. The second-order valence-electron chi connectivity index (χ2n) is 9.85. The smallest absolute Gasteiger partial charge is 0.348 e. The zero-order chi connectivity index (χ0) is 21.6. The summed E-state index contributed by atoms with van der Waals surface area (Å²) in [6, 6.07) is 15.3. The van der Waals surface area contributed by atoms with Crippen molar-refractivity contribution >= 4 is 5.97 Å². The third-order valence-electron chi connectivity index (χ3n) is 7.68. The molecule has 0 saturated carbocycles. The fourth-order valence-electron chi connectivity index (χ4n) is 5.95. The third kappa shape index (κ3) is 3.33. The molecule has 3 fully saturated rings. The van der Waals surface area contributed by atoms with Crippen LogP contribution in [0.25, 0.3) is 11.1 Å². The molecule has 1 aliphatic carbocycles. The summed E-state index contributed by atoms with van der Waals surface area (Å²) in [5.74, 6) is -0.117. The molecule has 3 aliphatic heterocycles. The third-order valence-corrected chi connectivity index (χ3v) is 7.68. The van der Waals surface area contributed by atoms with E-state index in [0.29, 0.717) is 17.0 Å². The van der Waals surface area contributed by atoms with Gasteiger partial charge in [0.05, 0.1) is 19.6 Å². The van der Waals surface area contributed by atoms with Crippen molar-refractivity contribution in [1.82, 2.24) is 0 Å². The first-order chi connectivity index (χ1) is 14.9. The highest BCUT2D eigenvalue weighted by molar-refractivity contribution is 5.96. The number of ether oxygens (including phenoxy) is 1. The van der Waals surface area contributed by atoms with Crippen LogP contribution in [0.2, 0.25) is 0 Å². The molecule has 1 atom stereocenters. The lowest BCUT2D eigenvalue weighted by Crippen LogP contribution is -2.65. The maximum absolute atomic E-state index is 13.6. The average Bonchev–Trinajstić information content (AvgIpc) is 3.04. The van der Waals surface area contributed by atoms with E-state index in [1.807, 2.05) is 48.5 Å². The number of esters is 1. The Morgan fingerprint density at radius 2 is 1.65 bits per heavy atom. The largest absolute Gasteiger partial charge is 0.453 e. The molecule has 4 nitrogen and oxygen atoms in total. The highest BCUT2D eigenvalue weighted by Gasteiger charge is 2.53. The number of hydrogen-bond acceptors (Lipinski definition) is 3. The van der Waals surface area contributed by atoms with E-state index < -0.39 is 11.6 Å². The Balaban J connectivity index is 1.40. The number of carbonyl (C=O) groups is 1. The highest BCUT2D eigenvalue weighted by atomic mass is 16.6. The Morgan fingerprint density at radius 1 is 1.06 bits per heavy atom. The van der Waals surface area contributed by atoms with E-state index in [0.717, 1.165) is 48.0 Å². The first kappa shape index (κ1) is 20.5. The molecule has 0 spiro atoms. The lowest BCUT2D eigenvalue weighted by molar-refractivity contribution is -0.945. The Bertz CT molecular complexity index is 983. The van der Waals surface area contributed by atoms with Gasteiger partial charge in [-0.3, -0.25) is 0 Å². The molecule has 2 bridgehead atoms. The number of benzene rings is 2. The zero-order valence-electron chi connectivity index (χ0n) is 18.5. The summed E-state index contributed by atoms with van der Waals surface area (Å²) in [6.45, 7) is 8.60. The summed E-state index contributed by atoms with van der Waals surface area (Å²) in [7, 11) is 0. The predicted molar refractivity (Wildman–Crippen MR) is 121 cm³/mol. The van der Waals surface area contributed by atoms with Gasteiger partial charge in [-0.25, -0.2) is 4.79 Å². The van der Waals surface area contributed by atoms with Crippen molar-refractivity contribution < 1.29 is 19.1 Å². The number of piperidine rings is 3. The molecule has 3 heterocycles. The molecular formula is C27H32NO3+. The molecule has 0 amide bonds. The predicted octanol–water partition coefficient (Wildman–Crippen LogP) is 4.41. The van der Waals surface area contributed by atoms with Crippen molar-refractivity contribution in [2.24, 2.45) is 5.92 Å². The summed E-state index contributed by atoms with van der Waals surface area (Å²) in [5.41, 5.74) is 2.72. The van der Waals surface area contributed by atoms with Crippen LogP contribution in [-0.2, 0) is 15.1 Å². The van der Waals surface area contributed by atoms with Crippen molar-refractivity contribution in [3.8, 4) is 11.1 Å². The monoisotopic (exact) mass is 418 g/mol. The first-order valence-electron chi connectivity index (χ1n) is 11.5. The Labute approximate surface area is 184 Å². The summed E-state index contributed by atoms with van der Waals surface area (Å²) in [5, 5.41) is 11.7. The van der Waals surface area contributed by atoms with Crippen LogP contribution >= 0.6 is 0 Å². The van der Waals surface area contributed by atoms with Gasteiger partial charge in [0.25, 0.3) is 0 Å². The quantitative estimate of drug-likeness (QED) is 0.444. The number of carbonyl (C=O) groups excluding carboxylic acids is 1. The van der Waals surface area contributed by atoms with E-state index in [1.54, 1.807) is 0 Å². The van der Waals surface area contributed by atoms with Crippen LogP contribution in [0.5, 0.6) is 0 Å². The van der Waals surface area contributed by atoms with Crippen molar-refractivity contribution in [3.05, 3.63) is 71.3 Å². The molecule has 4 heteroatoms. The fraction of sp³-hybridized carbons (Fsp3) is 0.444. The van der Waals surface area contributed by atoms with Gasteiger partial charge in [-0.15, -0.1) is 0 Å². The molecule has 4 aliphatic rings. The maximum Gasteiger partial charge on any atom is 0.348 e. The van der Waals surface area contributed by atoms with Crippen LogP contribution in [0.4, 0.5) is 0 Å². The van der Waals surface area contributed by atoms with E-state index >= 15 is 0 Å². The lowest BCUT2D eigenvalue weighted by atomic mass is 9.82. The molecular weight excluding hydrogens is 386 g/mol. The van der Waals surface area contributed by atoms with Crippen LogP contribution in [0.15, 0.2) is 60.2 Å². The van der Waals surface area contributed by atoms with Crippen molar-refractivity contribution in [3.63, 3.8) is 0 Å². The summed E-state index contributed by atoms with van der Waals surface area (Å²) in [4.78, 5) is 13.6. The number of rotatable bonds is 5. The molecule has 162 valence electrons. The lowest BCUT2D eigenvalue weighted by Gasteiger charge is -2.52. The van der Waals surface area contributed by atoms with Crippen LogP contribution < -0.4 is 0 Å². The molecule has 0 aromatic heterocycles. The molecule has 2 aromatic rings. The Kier molecular flexibility index (Phi) is 5.03. The second kappa shape index (κ2) is 7.61. The van der Waals surface area contributed by atoms with Crippen molar-refractivity contribution in [1.29, 1.82) is 0 Å². The summed E-state index contributed by atoms with van der Waals surface area (Å²) >= 11 is 0. The molecule has 1 N–H and O–H groups in total. The second-order valence-corrected chi connectivity index (χ2v) is 9.85. The van der Waals surface area contributed by atoms with Gasteiger partial charge in [0, 0.05) is 36.3 Å². The molecule has 3 saturated heterocycles. The van der Waals surface area contributed by atoms with Crippen molar-refractivity contribution in [2.75, 3.05) is 26.2 Å². The molecule has 6 rings (SSSR count).